The lowest BCUT2D eigenvalue weighted by molar-refractivity contribution is -0.126. The summed E-state index contributed by atoms with van der Waals surface area (Å²) < 4.78 is 1.75. The van der Waals surface area contributed by atoms with Gasteiger partial charge in [0.15, 0.2) is 0 Å². The molecule has 1 aromatic heterocycles. The highest BCUT2D eigenvalue weighted by molar-refractivity contribution is 6.31. The molecular formula is C17H21ClN4O2. The summed E-state index contributed by atoms with van der Waals surface area (Å²) in [7, 11) is 1.87. The molecule has 0 radical (unpaired) electrons. The van der Waals surface area contributed by atoms with Crippen LogP contribution in [0.4, 0.5) is 5.69 Å². The quantitative estimate of drug-likeness (QED) is 0.596. The Morgan fingerprint density at radius 3 is 2.79 bits per heavy atom. The zero-order valence-electron chi connectivity index (χ0n) is 13.8. The summed E-state index contributed by atoms with van der Waals surface area (Å²) in [4.78, 5) is 23.7. The number of aromatic nitrogens is 2. The molecule has 24 heavy (non-hydrogen) atoms. The fraction of sp³-hybridized carbons (Fsp3) is 0.353. The topological polar surface area (TPSA) is 76.0 Å². The van der Waals surface area contributed by atoms with Crippen LogP contribution in [0.3, 0.4) is 0 Å². The lowest BCUT2D eigenvalue weighted by Gasteiger charge is -2.09. The zero-order valence-corrected chi connectivity index (χ0v) is 14.6. The van der Waals surface area contributed by atoms with E-state index in [4.69, 9.17) is 11.6 Å². The number of hydrogen-bond acceptors (Lipinski definition) is 3. The van der Waals surface area contributed by atoms with Gasteiger partial charge in [-0.3, -0.25) is 14.3 Å². The van der Waals surface area contributed by atoms with Crippen LogP contribution in [0, 0.1) is 6.92 Å². The molecule has 0 atom stereocenters. The standard InChI is InChI=1S/C17H21ClN4O2/c1-12-5-6-14(18)8-15(12)21-17(24)9-16(23)19-7-3-4-13-10-20-22(2)11-13/h5-6,8,10-11H,3-4,7,9H2,1-2H3,(H,19,23)(H,21,24). The molecule has 7 heteroatoms. The van der Waals surface area contributed by atoms with Crippen LogP contribution in [0.5, 0.6) is 0 Å². The zero-order chi connectivity index (χ0) is 17.5. The Labute approximate surface area is 146 Å². The van der Waals surface area contributed by atoms with Crippen molar-refractivity contribution < 1.29 is 9.59 Å². The number of benzene rings is 1. The number of nitrogens with zero attached hydrogens (tertiary/aromatic N) is 2. The van der Waals surface area contributed by atoms with E-state index in [0.717, 1.165) is 24.0 Å². The van der Waals surface area contributed by atoms with Crippen LogP contribution in [-0.4, -0.2) is 28.1 Å². The number of aryl methyl sites for hydroxylation is 3. The maximum Gasteiger partial charge on any atom is 0.233 e. The van der Waals surface area contributed by atoms with Gasteiger partial charge in [0.2, 0.25) is 11.8 Å². The maximum absolute atomic E-state index is 11.9. The van der Waals surface area contributed by atoms with E-state index < -0.39 is 0 Å². The van der Waals surface area contributed by atoms with Crippen molar-refractivity contribution in [3.63, 3.8) is 0 Å². The summed E-state index contributed by atoms with van der Waals surface area (Å²) in [5.74, 6) is -0.650. The fourth-order valence-electron chi connectivity index (χ4n) is 2.25. The highest BCUT2D eigenvalue weighted by Gasteiger charge is 2.10. The molecule has 1 aromatic carbocycles. The molecule has 2 amide bonds. The second kappa shape index (κ2) is 8.49. The van der Waals surface area contributed by atoms with E-state index in [0.29, 0.717) is 17.3 Å². The second-order valence-electron chi connectivity index (χ2n) is 5.66. The van der Waals surface area contributed by atoms with E-state index in [1.54, 1.807) is 16.8 Å². The van der Waals surface area contributed by atoms with Crippen LogP contribution in [0.1, 0.15) is 24.0 Å². The third-order valence-corrected chi connectivity index (χ3v) is 3.75. The van der Waals surface area contributed by atoms with Gasteiger partial charge in [-0.05, 0) is 43.0 Å². The summed E-state index contributed by atoms with van der Waals surface area (Å²) in [5, 5.41) is 10.1. The Hall–Kier alpha value is -2.34. The molecule has 0 aliphatic rings. The molecule has 0 fully saturated rings. The first-order chi connectivity index (χ1) is 11.4. The van der Waals surface area contributed by atoms with Gasteiger partial charge in [0.1, 0.15) is 6.42 Å². The minimum absolute atomic E-state index is 0.209. The van der Waals surface area contributed by atoms with Crippen molar-refractivity contribution >= 4 is 29.1 Å². The number of carbonyl (C=O) groups excluding carboxylic acids is 2. The van der Waals surface area contributed by atoms with Crippen LogP contribution in [0.25, 0.3) is 0 Å². The summed E-state index contributed by atoms with van der Waals surface area (Å²) >= 11 is 5.91. The fourth-order valence-corrected chi connectivity index (χ4v) is 2.43. The van der Waals surface area contributed by atoms with E-state index in [9.17, 15) is 9.59 Å². The minimum Gasteiger partial charge on any atom is -0.356 e. The first-order valence-electron chi connectivity index (χ1n) is 7.74. The minimum atomic E-state index is -0.356. The summed E-state index contributed by atoms with van der Waals surface area (Å²) in [6.07, 6.45) is 5.18. The predicted molar refractivity (Wildman–Crippen MR) is 94.0 cm³/mol. The Bertz CT molecular complexity index is 727. The monoisotopic (exact) mass is 348 g/mol. The first kappa shape index (κ1) is 18.0. The third kappa shape index (κ3) is 5.70. The average molecular weight is 349 g/mol. The summed E-state index contributed by atoms with van der Waals surface area (Å²) in [6, 6.07) is 5.23. The van der Waals surface area contributed by atoms with Gasteiger partial charge in [-0.2, -0.15) is 5.10 Å². The van der Waals surface area contributed by atoms with E-state index in [1.807, 2.05) is 32.4 Å². The van der Waals surface area contributed by atoms with Gasteiger partial charge in [-0.25, -0.2) is 0 Å². The number of halogens is 1. The molecule has 0 aliphatic carbocycles. The van der Waals surface area contributed by atoms with Crippen LogP contribution in [0.15, 0.2) is 30.6 Å². The number of nitrogens with one attached hydrogen (secondary N) is 2. The molecule has 2 N–H and O–H groups in total. The SMILES string of the molecule is Cc1ccc(Cl)cc1NC(=O)CC(=O)NCCCc1cnn(C)c1. The van der Waals surface area contributed by atoms with E-state index in [1.165, 1.54) is 0 Å². The largest absolute Gasteiger partial charge is 0.356 e. The molecule has 0 unspecified atom stereocenters. The smallest absolute Gasteiger partial charge is 0.233 e. The molecule has 0 aliphatic heterocycles. The Morgan fingerprint density at radius 1 is 1.29 bits per heavy atom. The Morgan fingerprint density at radius 2 is 2.08 bits per heavy atom. The van der Waals surface area contributed by atoms with Gasteiger partial charge in [-0.1, -0.05) is 17.7 Å². The number of rotatable bonds is 7. The van der Waals surface area contributed by atoms with Crippen LogP contribution < -0.4 is 10.6 Å². The van der Waals surface area contributed by atoms with Crippen LogP contribution in [-0.2, 0) is 23.1 Å². The molecule has 2 rings (SSSR count). The summed E-state index contributed by atoms with van der Waals surface area (Å²) in [5.41, 5.74) is 2.64. The number of anilines is 1. The third-order valence-electron chi connectivity index (χ3n) is 3.52. The number of hydrogen-bond donors (Lipinski definition) is 2. The highest BCUT2D eigenvalue weighted by Crippen LogP contribution is 2.20. The van der Waals surface area contributed by atoms with Crippen molar-refractivity contribution in [3.8, 4) is 0 Å². The van der Waals surface area contributed by atoms with Gasteiger partial charge in [0.05, 0.1) is 6.20 Å². The van der Waals surface area contributed by atoms with E-state index in [-0.39, 0.29) is 18.2 Å². The predicted octanol–water partition coefficient (Wildman–Crippen LogP) is 2.46. The lowest BCUT2D eigenvalue weighted by Crippen LogP contribution is -2.29. The number of carbonyl (C=O) groups is 2. The van der Waals surface area contributed by atoms with Crippen molar-refractivity contribution in [1.29, 1.82) is 0 Å². The maximum atomic E-state index is 11.9. The highest BCUT2D eigenvalue weighted by atomic mass is 35.5. The normalized spacial score (nSPS) is 10.5. The molecule has 0 bridgehead atoms. The van der Waals surface area contributed by atoms with E-state index in [2.05, 4.69) is 15.7 Å². The van der Waals surface area contributed by atoms with Crippen molar-refractivity contribution in [2.45, 2.75) is 26.2 Å². The van der Waals surface area contributed by atoms with Crippen molar-refractivity contribution in [2.24, 2.45) is 7.05 Å². The molecule has 1 heterocycles. The van der Waals surface area contributed by atoms with Gasteiger partial charge < -0.3 is 10.6 Å². The summed E-state index contributed by atoms with van der Waals surface area (Å²) in [6.45, 7) is 2.39. The van der Waals surface area contributed by atoms with Gasteiger partial charge >= 0.3 is 0 Å². The lowest BCUT2D eigenvalue weighted by atomic mass is 10.2. The molecule has 0 saturated carbocycles. The second-order valence-corrected chi connectivity index (χ2v) is 6.10. The van der Waals surface area contributed by atoms with Crippen molar-refractivity contribution in [1.82, 2.24) is 15.1 Å². The molecule has 0 saturated heterocycles. The number of amides is 2. The molecule has 0 spiro atoms. The van der Waals surface area contributed by atoms with E-state index >= 15 is 0 Å². The molecule has 6 nitrogen and oxygen atoms in total. The van der Waals surface area contributed by atoms with Gasteiger partial charge in [-0.15, -0.1) is 0 Å². The van der Waals surface area contributed by atoms with Crippen molar-refractivity contribution in [2.75, 3.05) is 11.9 Å². The Balaban J connectivity index is 1.69. The van der Waals surface area contributed by atoms with Gasteiger partial charge in [0, 0.05) is 30.5 Å². The van der Waals surface area contributed by atoms with Crippen molar-refractivity contribution in [3.05, 3.63) is 46.7 Å². The molecular weight excluding hydrogens is 328 g/mol. The van der Waals surface area contributed by atoms with Crippen LogP contribution >= 0.6 is 11.6 Å². The molecule has 128 valence electrons. The van der Waals surface area contributed by atoms with Crippen LogP contribution in [0.2, 0.25) is 5.02 Å². The molecule has 2 aromatic rings. The average Bonchev–Trinajstić information content (AvgIpc) is 2.93. The van der Waals surface area contributed by atoms with Gasteiger partial charge in [0.25, 0.3) is 0 Å². The Kier molecular flexibility index (Phi) is 6.37. The first-order valence-corrected chi connectivity index (χ1v) is 8.12.